The van der Waals surface area contributed by atoms with Crippen LogP contribution < -0.4 is 68.6 Å². The van der Waals surface area contributed by atoms with E-state index in [1.807, 2.05) is 11.4 Å². The van der Waals surface area contributed by atoms with Crippen molar-refractivity contribution in [3.63, 3.8) is 0 Å². The quantitative estimate of drug-likeness (QED) is 0.587. The minimum atomic E-state index is -1.38. The van der Waals surface area contributed by atoms with Gasteiger partial charge in [0.15, 0.2) is 0 Å². The average Bonchev–Trinajstić information content (AvgIpc) is 2.03. The predicted octanol–water partition coefficient (Wildman–Crippen LogP) is -2.68. The van der Waals surface area contributed by atoms with Gasteiger partial charge in [0.05, 0.1) is 11.6 Å². The Bertz CT molecular complexity index is 346. The molecule has 0 heterocycles. The predicted molar refractivity (Wildman–Crippen MR) is 40.2 cm³/mol. The first-order valence-corrected chi connectivity index (χ1v) is 3.20. The van der Waals surface area contributed by atoms with Gasteiger partial charge in [-0.05, 0) is 18.2 Å². The molecule has 0 spiro atoms. The maximum Gasteiger partial charge on any atom is 1.00 e. The van der Waals surface area contributed by atoms with Gasteiger partial charge in [-0.2, -0.15) is 5.26 Å². The van der Waals surface area contributed by atoms with Gasteiger partial charge in [0.1, 0.15) is 6.09 Å². The number of carboxylic acid groups (broad SMARTS) is 1. The van der Waals surface area contributed by atoms with Gasteiger partial charge >= 0.3 is 58.2 Å². The van der Waals surface area contributed by atoms with E-state index in [0.29, 0.717) is 11.3 Å². The monoisotopic (exact) mass is 246 g/mol. The average molecular weight is 247 g/mol. The topological polar surface area (TPSA) is 76.0 Å². The van der Waals surface area contributed by atoms with Crippen molar-refractivity contribution in [3.05, 3.63) is 29.8 Å². The summed E-state index contributed by atoms with van der Waals surface area (Å²) in [5, 5.41) is 20.6. The molecule has 4 nitrogen and oxygen atoms in total. The summed E-state index contributed by atoms with van der Waals surface area (Å²) in [5.41, 5.74) is 0.746. The third kappa shape index (κ3) is 4.53. The molecule has 0 aliphatic carbocycles. The third-order valence-corrected chi connectivity index (χ3v) is 1.24. The SMILES string of the molecule is N#Cc1cccc(NC(=O)[O-])c1.[Rb+]. The first-order chi connectivity index (χ1) is 5.72. The Kier molecular flexibility index (Phi) is 6.17. The largest absolute Gasteiger partial charge is 1.00 e. The summed E-state index contributed by atoms with van der Waals surface area (Å²) < 4.78 is 0. The first-order valence-electron chi connectivity index (χ1n) is 3.20. The van der Waals surface area contributed by atoms with Crippen molar-refractivity contribution >= 4 is 11.8 Å². The van der Waals surface area contributed by atoms with Crippen LogP contribution in [-0.2, 0) is 0 Å². The van der Waals surface area contributed by atoms with Crippen LogP contribution in [0.4, 0.5) is 10.5 Å². The van der Waals surface area contributed by atoms with Gasteiger partial charge in [-0.25, -0.2) is 0 Å². The number of amides is 1. The molecular weight excluding hydrogens is 242 g/mol. The van der Waals surface area contributed by atoms with Crippen LogP contribution in [0.5, 0.6) is 0 Å². The number of nitriles is 1. The summed E-state index contributed by atoms with van der Waals surface area (Å²) in [4.78, 5) is 10.1. The molecule has 1 aromatic carbocycles. The Morgan fingerprint density at radius 3 is 2.77 bits per heavy atom. The maximum absolute atomic E-state index is 10.1. The number of hydrogen-bond acceptors (Lipinski definition) is 3. The molecule has 0 saturated heterocycles. The molecule has 0 fully saturated rings. The van der Waals surface area contributed by atoms with Crippen LogP contribution in [0.25, 0.3) is 0 Å². The van der Waals surface area contributed by atoms with Crippen LogP contribution in [0.15, 0.2) is 24.3 Å². The number of nitrogens with one attached hydrogen (secondary N) is 1. The normalized spacial score (nSPS) is 7.92. The molecule has 60 valence electrons. The number of anilines is 1. The van der Waals surface area contributed by atoms with E-state index < -0.39 is 6.09 Å². The van der Waals surface area contributed by atoms with Crippen molar-refractivity contribution < 1.29 is 68.1 Å². The molecule has 0 saturated carbocycles. The third-order valence-electron chi connectivity index (χ3n) is 1.24. The van der Waals surface area contributed by atoms with Gasteiger partial charge < -0.3 is 15.2 Å². The van der Waals surface area contributed by atoms with E-state index >= 15 is 0 Å². The van der Waals surface area contributed by atoms with Crippen LogP contribution in [0.3, 0.4) is 0 Å². The Hall–Kier alpha value is -0.215. The molecule has 1 N–H and O–H groups in total. The van der Waals surface area contributed by atoms with Crippen LogP contribution in [0.1, 0.15) is 5.56 Å². The number of nitrogens with zero attached hydrogens (tertiary/aromatic N) is 1. The fraction of sp³-hybridized carbons (Fsp3) is 0. The second-order valence-corrected chi connectivity index (χ2v) is 2.11. The summed E-state index contributed by atoms with van der Waals surface area (Å²) in [6.07, 6.45) is -1.38. The van der Waals surface area contributed by atoms with Gasteiger partial charge in [0.25, 0.3) is 0 Å². The van der Waals surface area contributed by atoms with Crippen LogP contribution in [0, 0.1) is 11.3 Å². The molecule has 0 bridgehead atoms. The zero-order chi connectivity index (χ0) is 8.97. The number of hydrogen-bond donors (Lipinski definition) is 1. The molecule has 1 rings (SSSR count). The molecule has 0 aliphatic heterocycles. The van der Waals surface area contributed by atoms with E-state index in [1.165, 1.54) is 12.1 Å². The second-order valence-electron chi connectivity index (χ2n) is 2.11. The molecule has 13 heavy (non-hydrogen) atoms. The summed E-state index contributed by atoms with van der Waals surface area (Å²) >= 11 is 0. The maximum atomic E-state index is 10.1. The fourth-order valence-corrected chi connectivity index (χ4v) is 0.784. The smallest absolute Gasteiger partial charge is 0.530 e. The molecule has 0 aromatic heterocycles. The van der Waals surface area contributed by atoms with E-state index in [9.17, 15) is 9.90 Å². The number of carbonyl (C=O) groups is 1. The Morgan fingerprint density at radius 2 is 2.23 bits per heavy atom. The molecule has 0 aliphatic rings. The van der Waals surface area contributed by atoms with Crippen molar-refractivity contribution in [1.29, 1.82) is 5.26 Å². The van der Waals surface area contributed by atoms with Crippen molar-refractivity contribution in [1.82, 2.24) is 0 Å². The molecule has 5 heteroatoms. The zero-order valence-electron chi connectivity index (χ0n) is 7.07. The van der Waals surface area contributed by atoms with Gasteiger partial charge in [0.2, 0.25) is 0 Å². The van der Waals surface area contributed by atoms with Crippen molar-refractivity contribution in [2.45, 2.75) is 0 Å². The Labute approximate surface area is 124 Å². The van der Waals surface area contributed by atoms with Crippen LogP contribution in [0.2, 0.25) is 0 Å². The fourth-order valence-electron chi connectivity index (χ4n) is 0.784. The van der Waals surface area contributed by atoms with Crippen molar-refractivity contribution in [3.8, 4) is 6.07 Å². The molecule has 0 atom stereocenters. The van der Waals surface area contributed by atoms with Gasteiger partial charge in [-0.3, -0.25) is 0 Å². The number of rotatable bonds is 1. The van der Waals surface area contributed by atoms with Gasteiger partial charge in [-0.15, -0.1) is 0 Å². The van der Waals surface area contributed by atoms with Crippen molar-refractivity contribution in [2.24, 2.45) is 0 Å². The molecule has 1 aromatic rings. The van der Waals surface area contributed by atoms with Crippen LogP contribution >= 0.6 is 0 Å². The standard InChI is InChI=1S/C8H6N2O2.Rb/c9-5-6-2-1-3-7(4-6)10-8(11)12;/h1-4,10H,(H,11,12);/q;+1/p-1. The van der Waals surface area contributed by atoms with E-state index in [-0.39, 0.29) is 58.2 Å². The first kappa shape index (κ1) is 12.8. The van der Waals surface area contributed by atoms with Crippen LogP contribution in [-0.4, -0.2) is 6.09 Å². The zero-order valence-corrected chi connectivity index (χ0v) is 12.0. The Balaban J connectivity index is 0.00000144. The van der Waals surface area contributed by atoms with E-state index in [1.54, 1.807) is 12.1 Å². The molecule has 0 unspecified atom stereocenters. The molecule has 0 radical (unpaired) electrons. The minimum Gasteiger partial charge on any atom is -0.530 e. The molecule has 1 amide bonds. The summed E-state index contributed by atoms with van der Waals surface area (Å²) in [6.45, 7) is 0. The summed E-state index contributed by atoms with van der Waals surface area (Å²) in [6, 6.07) is 8.02. The summed E-state index contributed by atoms with van der Waals surface area (Å²) in [7, 11) is 0. The summed E-state index contributed by atoms with van der Waals surface area (Å²) in [5.74, 6) is 0. The molecular formula is C8H5N2O2Rb. The second kappa shape index (κ2) is 6.27. The van der Waals surface area contributed by atoms with Gasteiger partial charge in [-0.1, -0.05) is 6.07 Å². The number of carbonyl (C=O) groups excluding carboxylic acids is 1. The minimum absolute atomic E-state index is 0. The van der Waals surface area contributed by atoms with Crippen molar-refractivity contribution in [2.75, 3.05) is 5.32 Å². The Morgan fingerprint density at radius 1 is 1.54 bits per heavy atom. The van der Waals surface area contributed by atoms with Gasteiger partial charge in [0, 0.05) is 5.69 Å². The number of benzene rings is 1. The van der Waals surface area contributed by atoms with E-state index in [2.05, 4.69) is 0 Å². The van der Waals surface area contributed by atoms with E-state index in [0.717, 1.165) is 0 Å². The van der Waals surface area contributed by atoms with E-state index in [4.69, 9.17) is 5.26 Å².